The van der Waals surface area contributed by atoms with E-state index in [1.165, 1.54) is 7.11 Å². The second-order valence-electron chi connectivity index (χ2n) is 4.71. The fourth-order valence-corrected chi connectivity index (χ4v) is 2.66. The van der Waals surface area contributed by atoms with Gasteiger partial charge in [-0.25, -0.2) is 0 Å². The van der Waals surface area contributed by atoms with Crippen LogP contribution < -0.4 is 4.74 Å². The van der Waals surface area contributed by atoms with Crippen molar-refractivity contribution >= 4 is 34.3 Å². The van der Waals surface area contributed by atoms with Gasteiger partial charge in [-0.2, -0.15) is 0 Å². The Morgan fingerprint density at radius 2 is 1.90 bits per heavy atom. The van der Waals surface area contributed by atoms with Crippen LogP contribution in [0.5, 0.6) is 5.75 Å². The molecule has 110 valence electrons. The number of hydrogen-bond donors (Lipinski definition) is 0. The highest BCUT2D eigenvalue weighted by Crippen LogP contribution is 2.27. The van der Waals surface area contributed by atoms with Gasteiger partial charge >= 0.3 is 5.97 Å². The minimum atomic E-state index is -0.410. The molecule has 0 N–H and O–H groups in total. The van der Waals surface area contributed by atoms with Gasteiger partial charge in [-0.15, -0.1) is 0 Å². The quantitative estimate of drug-likeness (QED) is 0.553. The molecule has 0 saturated heterocycles. The maximum Gasteiger partial charge on any atom is 0.308 e. The van der Waals surface area contributed by atoms with E-state index in [1.54, 1.807) is 14.0 Å². The number of halogens is 1. The Balaban J connectivity index is 2.79. The second kappa shape index (κ2) is 7.61. The highest BCUT2D eigenvalue weighted by molar-refractivity contribution is 14.1. The molecule has 0 bridgehead atoms. The average Bonchev–Trinajstić information content (AvgIpc) is 2.45. The molecule has 20 heavy (non-hydrogen) atoms. The third-order valence-corrected chi connectivity index (χ3v) is 4.11. The molecule has 0 saturated carbocycles. The molecule has 0 amide bonds. The smallest absolute Gasteiger partial charge is 0.308 e. The number of carbonyl (C=O) groups is 2. The van der Waals surface area contributed by atoms with E-state index in [0.717, 1.165) is 14.9 Å². The Morgan fingerprint density at radius 3 is 2.40 bits per heavy atom. The maximum absolute atomic E-state index is 12.2. The molecule has 0 aliphatic rings. The van der Waals surface area contributed by atoms with Crippen molar-refractivity contribution in [1.29, 1.82) is 0 Å². The molecule has 0 aliphatic carbocycles. The van der Waals surface area contributed by atoms with Gasteiger partial charge in [0.2, 0.25) is 0 Å². The lowest BCUT2D eigenvalue weighted by molar-refractivity contribution is -0.146. The molecular formula is C15H19IO4. The van der Waals surface area contributed by atoms with Crippen LogP contribution in [0.1, 0.15) is 31.7 Å². The zero-order chi connectivity index (χ0) is 15.3. The van der Waals surface area contributed by atoms with Crippen molar-refractivity contribution < 1.29 is 19.1 Å². The van der Waals surface area contributed by atoms with Gasteiger partial charge in [0.15, 0.2) is 0 Å². The summed E-state index contributed by atoms with van der Waals surface area (Å²) in [6.45, 7) is 3.55. The molecule has 4 nitrogen and oxygen atoms in total. The zero-order valence-corrected chi connectivity index (χ0v) is 14.3. The average molecular weight is 390 g/mol. The van der Waals surface area contributed by atoms with E-state index in [1.807, 2.05) is 25.1 Å². The molecule has 0 fully saturated rings. The van der Waals surface area contributed by atoms with Crippen molar-refractivity contribution in [3.63, 3.8) is 0 Å². The lowest BCUT2D eigenvalue weighted by Crippen LogP contribution is -2.20. The first-order valence-corrected chi connectivity index (χ1v) is 7.42. The van der Waals surface area contributed by atoms with E-state index in [4.69, 9.17) is 4.74 Å². The summed E-state index contributed by atoms with van der Waals surface area (Å²) in [5, 5.41) is 0. The lowest BCUT2D eigenvalue weighted by atomic mass is 9.91. The molecule has 0 radical (unpaired) electrons. The van der Waals surface area contributed by atoms with Gasteiger partial charge < -0.3 is 9.47 Å². The van der Waals surface area contributed by atoms with Crippen molar-refractivity contribution in [1.82, 2.24) is 0 Å². The highest BCUT2D eigenvalue weighted by atomic mass is 127. The molecule has 0 spiro atoms. The Labute approximate surface area is 133 Å². The van der Waals surface area contributed by atoms with Gasteiger partial charge in [-0.1, -0.05) is 19.9 Å². The number of methoxy groups -OCH3 is 2. The van der Waals surface area contributed by atoms with E-state index in [-0.39, 0.29) is 24.1 Å². The number of carbonyl (C=O) groups excluding carboxylic acids is 2. The standard InChI is InChI=1S/C15H19IO4/c1-9(15(18)20-4)7-13(17)10(2)11-5-6-14(19-3)12(16)8-11/h5-6,8-10H,7H2,1-4H3/t9-,10+/m1/s1. The molecule has 0 unspecified atom stereocenters. The molecule has 1 aromatic rings. The fraction of sp³-hybridized carbons (Fsp3) is 0.467. The number of Topliss-reactive ketones (excluding diaryl/α,β-unsaturated/α-hetero) is 1. The maximum atomic E-state index is 12.2. The fourth-order valence-electron chi connectivity index (χ4n) is 1.90. The number of esters is 1. The molecule has 1 aromatic carbocycles. The van der Waals surface area contributed by atoms with Crippen molar-refractivity contribution in [2.24, 2.45) is 5.92 Å². The Morgan fingerprint density at radius 1 is 1.25 bits per heavy atom. The summed E-state index contributed by atoms with van der Waals surface area (Å²) in [6, 6.07) is 5.67. The van der Waals surface area contributed by atoms with Gasteiger partial charge in [0, 0.05) is 12.3 Å². The van der Waals surface area contributed by atoms with Crippen LogP contribution in [0.2, 0.25) is 0 Å². The van der Waals surface area contributed by atoms with E-state index in [9.17, 15) is 9.59 Å². The molecule has 5 heteroatoms. The molecule has 0 heterocycles. The minimum Gasteiger partial charge on any atom is -0.496 e. The van der Waals surface area contributed by atoms with Crippen molar-refractivity contribution in [3.8, 4) is 5.75 Å². The van der Waals surface area contributed by atoms with Gasteiger partial charge in [0.1, 0.15) is 11.5 Å². The zero-order valence-electron chi connectivity index (χ0n) is 12.1. The number of ether oxygens (including phenoxy) is 2. The van der Waals surface area contributed by atoms with Crippen molar-refractivity contribution in [3.05, 3.63) is 27.3 Å². The van der Waals surface area contributed by atoms with Crippen LogP contribution in [0.3, 0.4) is 0 Å². The summed E-state index contributed by atoms with van der Waals surface area (Å²) in [5.74, 6) is -0.190. The molecule has 0 aromatic heterocycles. The molecule has 0 aliphatic heterocycles. The van der Waals surface area contributed by atoms with Crippen LogP contribution in [0, 0.1) is 9.49 Å². The Kier molecular flexibility index (Phi) is 6.45. The minimum absolute atomic E-state index is 0.0314. The lowest BCUT2D eigenvalue weighted by Gasteiger charge is -2.15. The van der Waals surface area contributed by atoms with Crippen molar-refractivity contribution in [2.75, 3.05) is 14.2 Å². The first kappa shape index (κ1) is 16.9. The largest absolute Gasteiger partial charge is 0.496 e. The molecule has 1 rings (SSSR count). The third-order valence-electron chi connectivity index (χ3n) is 3.27. The van der Waals surface area contributed by atoms with Crippen LogP contribution >= 0.6 is 22.6 Å². The molecular weight excluding hydrogens is 371 g/mol. The van der Waals surface area contributed by atoms with Crippen LogP contribution in [-0.4, -0.2) is 26.0 Å². The summed E-state index contributed by atoms with van der Waals surface area (Å²) in [4.78, 5) is 23.6. The predicted octanol–water partition coefficient (Wildman–Crippen LogP) is 3.17. The van der Waals surface area contributed by atoms with Crippen LogP contribution in [0.4, 0.5) is 0 Å². The number of rotatable bonds is 6. The van der Waals surface area contributed by atoms with E-state index in [0.29, 0.717) is 0 Å². The van der Waals surface area contributed by atoms with Gasteiger partial charge in [0.25, 0.3) is 0 Å². The van der Waals surface area contributed by atoms with Crippen molar-refractivity contribution in [2.45, 2.75) is 26.2 Å². The van der Waals surface area contributed by atoms with E-state index < -0.39 is 5.92 Å². The predicted molar refractivity (Wildman–Crippen MR) is 84.9 cm³/mol. The first-order chi connectivity index (χ1) is 9.40. The number of hydrogen-bond acceptors (Lipinski definition) is 4. The first-order valence-electron chi connectivity index (χ1n) is 6.34. The topological polar surface area (TPSA) is 52.6 Å². The van der Waals surface area contributed by atoms with Crippen LogP contribution in [0.15, 0.2) is 18.2 Å². The van der Waals surface area contributed by atoms with Crippen LogP contribution in [-0.2, 0) is 14.3 Å². The van der Waals surface area contributed by atoms with Gasteiger partial charge in [-0.3, -0.25) is 9.59 Å². The van der Waals surface area contributed by atoms with E-state index in [2.05, 4.69) is 27.3 Å². The van der Waals surface area contributed by atoms with E-state index >= 15 is 0 Å². The highest BCUT2D eigenvalue weighted by Gasteiger charge is 2.22. The third kappa shape index (κ3) is 4.19. The SMILES string of the molecule is COC(=O)[C@H](C)CC(=O)[C@@H](C)c1ccc(OC)c(I)c1. The Bertz CT molecular complexity index is 499. The molecule has 2 atom stereocenters. The summed E-state index contributed by atoms with van der Waals surface area (Å²) in [6.07, 6.45) is 0.191. The van der Waals surface area contributed by atoms with Gasteiger partial charge in [0.05, 0.1) is 23.7 Å². The van der Waals surface area contributed by atoms with Gasteiger partial charge in [-0.05, 0) is 40.3 Å². The normalized spacial score (nSPS) is 13.4. The summed E-state index contributed by atoms with van der Waals surface area (Å²) in [7, 11) is 2.95. The summed E-state index contributed by atoms with van der Waals surface area (Å²) in [5.41, 5.74) is 0.928. The second-order valence-corrected chi connectivity index (χ2v) is 5.87. The summed E-state index contributed by atoms with van der Waals surface area (Å²) >= 11 is 2.17. The summed E-state index contributed by atoms with van der Waals surface area (Å²) < 4.78 is 10.8. The monoisotopic (exact) mass is 390 g/mol. The number of ketones is 1. The Hall–Kier alpha value is -1.11. The number of benzene rings is 1. The van der Waals surface area contributed by atoms with Crippen LogP contribution in [0.25, 0.3) is 0 Å².